The van der Waals surface area contributed by atoms with Crippen LogP contribution in [0.2, 0.25) is 0 Å². The molecule has 20 heavy (non-hydrogen) atoms. The second-order valence-corrected chi connectivity index (χ2v) is 6.12. The van der Waals surface area contributed by atoms with Crippen molar-refractivity contribution in [3.8, 4) is 17.0 Å². The molecule has 0 radical (unpaired) electrons. The van der Waals surface area contributed by atoms with Gasteiger partial charge in [0.15, 0.2) is 5.13 Å². The standard InChI is InChI=1S/C15H16N2O2S/c1-9-13(10-5-7-12(19-2)8-6-10)16-15(20-9)17-14(18)11-3-4-11/h5-8,11H,3-4H2,1-2H3,(H,16,17,18). The molecular formula is C15H16N2O2S. The number of hydrogen-bond acceptors (Lipinski definition) is 4. The smallest absolute Gasteiger partial charge is 0.229 e. The summed E-state index contributed by atoms with van der Waals surface area (Å²) in [6.07, 6.45) is 2.00. The number of thiazole rings is 1. The number of methoxy groups -OCH3 is 1. The summed E-state index contributed by atoms with van der Waals surface area (Å²) in [7, 11) is 1.65. The lowest BCUT2D eigenvalue weighted by Crippen LogP contribution is -2.12. The van der Waals surface area contributed by atoms with Crippen molar-refractivity contribution >= 4 is 22.4 Å². The average molecular weight is 288 g/mol. The number of aromatic nitrogens is 1. The van der Waals surface area contributed by atoms with E-state index < -0.39 is 0 Å². The van der Waals surface area contributed by atoms with Gasteiger partial charge in [-0.1, -0.05) is 0 Å². The first-order valence-corrected chi connectivity index (χ1v) is 7.41. The largest absolute Gasteiger partial charge is 0.497 e. The minimum atomic E-state index is 0.0973. The number of rotatable bonds is 4. The van der Waals surface area contributed by atoms with Crippen molar-refractivity contribution in [2.75, 3.05) is 12.4 Å². The molecule has 0 spiro atoms. The van der Waals surface area contributed by atoms with Gasteiger partial charge in [-0.15, -0.1) is 11.3 Å². The maximum Gasteiger partial charge on any atom is 0.229 e. The summed E-state index contributed by atoms with van der Waals surface area (Å²) < 4.78 is 5.15. The number of hydrogen-bond donors (Lipinski definition) is 1. The third-order valence-electron chi connectivity index (χ3n) is 3.34. The highest BCUT2D eigenvalue weighted by molar-refractivity contribution is 7.16. The number of amides is 1. The van der Waals surface area contributed by atoms with E-state index in [1.54, 1.807) is 7.11 Å². The highest BCUT2D eigenvalue weighted by atomic mass is 32.1. The molecule has 0 atom stereocenters. The van der Waals surface area contributed by atoms with Crippen LogP contribution in [-0.4, -0.2) is 18.0 Å². The molecule has 4 nitrogen and oxygen atoms in total. The van der Waals surface area contributed by atoms with E-state index in [2.05, 4.69) is 10.3 Å². The zero-order valence-electron chi connectivity index (χ0n) is 11.5. The van der Waals surface area contributed by atoms with Crippen molar-refractivity contribution in [2.45, 2.75) is 19.8 Å². The van der Waals surface area contributed by atoms with Gasteiger partial charge in [-0.25, -0.2) is 4.98 Å². The van der Waals surface area contributed by atoms with Crippen LogP contribution in [0.5, 0.6) is 5.75 Å². The molecule has 104 valence electrons. The second kappa shape index (κ2) is 5.25. The predicted octanol–water partition coefficient (Wildman–Crippen LogP) is 3.48. The van der Waals surface area contributed by atoms with E-state index in [9.17, 15) is 4.79 Å². The van der Waals surface area contributed by atoms with Gasteiger partial charge in [-0.2, -0.15) is 0 Å². The second-order valence-electron chi connectivity index (χ2n) is 4.92. The van der Waals surface area contributed by atoms with Crippen LogP contribution < -0.4 is 10.1 Å². The molecule has 0 saturated heterocycles. The maximum atomic E-state index is 11.8. The number of nitrogens with one attached hydrogen (secondary N) is 1. The van der Waals surface area contributed by atoms with Crippen LogP contribution in [0.1, 0.15) is 17.7 Å². The molecule has 0 unspecified atom stereocenters. The summed E-state index contributed by atoms with van der Waals surface area (Å²) in [5.41, 5.74) is 1.95. The van der Waals surface area contributed by atoms with Gasteiger partial charge < -0.3 is 10.1 Å². The quantitative estimate of drug-likeness (QED) is 0.937. The molecule has 2 aromatic rings. The first-order chi connectivity index (χ1) is 9.67. The Balaban J connectivity index is 1.81. The van der Waals surface area contributed by atoms with Gasteiger partial charge in [0.25, 0.3) is 0 Å². The Morgan fingerprint density at radius 2 is 2.05 bits per heavy atom. The van der Waals surface area contributed by atoms with Gasteiger partial charge in [0, 0.05) is 16.4 Å². The van der Waals surface area contributed by atoms with Gasteiger partial charge in [0.05, 0.1) is 12.8 Å². The summed E-state index contributed by atoms with van der Waals surface area (Å²) in [5.74, 6) is 1.12. The number of ether oxygens (including phenoxy) is 1. The molecule has 1 aromatic carbocycles. The molecule has 1 saturated carbocycles. The number of carbonyl (C=O) groups is 1. The highest BCUT2D eigenvalue weighted by Crippen LogP contribution is 2.34. The molecule has 1 fully saturated rings. The van der Waals surface area contributed by atoms with E-state index >= 15 is 0 Å². The first kappa shape index (κ1) is 13.1. The van der Waals surface area contributed by atoms with Gasteiger partial charge in [-0.3, -0.25) is 4.79 Å². The Labute approximate surface area is 121 Å². The fraction of sp³-hybridized carbons (Fsp3) is 0.333. The number of nitrogens with zero attached hydrogens (tertiary/aromatic N) is 1. The third kappa shape index (κ3) is 2.67. The molecule has 1 aliphatic carbocycles. The number of aryl methyl sites for hydroxylation is 1. The van der Waals surface area contributed by atoms with Crippen molar-refractivity contribution in [3.63, 3.8) is 0 Å². The Morgan fingerprint density at radius 3 is 2.65 bits per heavy atom. The third-order valence-corrected chi connectivity index (χ3v) is 4.22. The summed E-state index contributed by atoms with van der Waals surface area (Å²) in [6, 6.07) is 7.79. The van der Waals surface area contributed by atoms with Gasteiger partial charge in [-0.05, 0) is 44.0 Å². The zero-order chi connectivity index (χ0) is 14.1. The molecule has 1 heterocycles. The Hall–Kier alpha value is -1.88. The number of anilines is 1. The summed E-state index contributed by atoms with van der Waals surface area (Å²) >= 11 is 1.52. The zero-order valence-corrected chi connectivity index (χ0v) is 12.3. The fourth-order valence-corrected chi connectivity index (χ4v) is 2.86. The predicted molar refractivity (Wildman–Crippen MR) is 80.2 cm³/mol. The van der Waals surface area contributed by atoms with Crippen molar-refractivity contribution in [2.24, 2.45) is 5.92 Å². The van der Waals surface area contributed by atoms with Crippen molar-refractivity contribution in [1.82, 2.24) is 4.98 Å². The molecule has 1 aromatic heterocycles. The van der Waals surface area contributed by atoms with Gasteiger partial charge in [0.1, 0.15) is 5.75 Å². The van der Waals surface area contributed by atoms with E-state index in [4.69, 9.17) is 4.74 Å². The highest BCUT2D eigenvalue weighted by Gasteiger charge is 2.30. The molecular weight excluding hydrogens is 272 g/mol. The molecule has 0 aliphatic heterocycles. The molecule has 1 amide bonds. The Morgan fingerprint density at radius 1 is 1.35 bits per heavy atom. The van der Waals surface area contributed by atoms with Crippen molar-refractivity contribution in [3.05, 3.63) is 29.1 Å². The molecule has 5 heteroatoms. The number of benzene rings is 1. The van der Waals surface area contributed by atoms with Crippen LogP contribution in [-0.2, 0) is 4.79 Å². The van der Waals surface area contributed by atoms with Crippen LogP contribution in [0.25, 0.3) is 11.3 Å². The maximum absolute atomic E-state index is 11.8. The van der Waals surface area contributed by atoms with E-state index in [1.807, 2.05) is 31.2 Å². The summed E-state index contributed by atoms with van der Waals surface area (Å²) in [4.78, 5) is 17.4. The SMILES string of the molecule is COc1ccc(-c2nc(NC(=O)C3CC3)sc2C)cc1. The monoisotopic (exact) mass is 288 g/mol. The van der Waals surface area contributed by atoms with E-state index in [0.717, 1.165) is 34.7 Å². The minimum absolute atomic E-state index is 0.0973. The lowest BCUT2D eigenvalue weighted by atomic mass is 10.1. The summed E-state index contributed by atoms with van der Waals surface area (Å²) in [5, 5.41) is 3.59. The van der Waals surface area contributed by atoms with Gasteiger partial charge >= 0.3 is 0 Å². The minimum Gasteiger partial charge on any atom is -0.497 e. The lowest BCUT2D eigenvalue weighted by Gasteiger charge is -2.01. The van der Waals surface area contributed by atoms with E-state index in [1.165, 1.54) is 11.3 Å². The van der Waals surface area contributed by atoms with E-state index in [-0.39, 0.29) is 11.8 Å². The first-order valence-electron chi connectivity index (χ1n) is 6.60. The van der Waals surface area contributed by atoms with Crippen LogP contribution in [0.3, 0.4) is 0 Å². The fourth-order valence-electron chi connectivity index (χ4n) is 2.02. The van der Waals surface area contributed by atoms with Crippen LogP contribution in [0, 0.1) is 12.8 Å². The Kier molecular flexibility index (Phi) is 3.44. The van der Waals surface area contributed by atoms with Crippen LogP contribution in [0.15, 0.2) is 24.3 Å². The van der Waals surface area contributed by atoms with E-state index in [0.29, 0.717) is 5.13 Å². The summed E-state index contributed by atoms with van der Waals surface area (Å²) in [6.45, 7) is 2.02. The average Bonchev–Trinajstić information content (AvgIpc) is 3.24. The molecule has 1 aliphatic rings. The topological polar surface area (TPSA) is 51.2 Å². The van der Waals surface area contributed by atoms with Crippen molar-refractivity contribution in [1.29, 1.82) is 0 Å². The van der Waals surface area contributed by atoms with Crippen LogP contribution in [0.4, 0.5) is 5.13 Å². The van der Waals surface area contributed by atoms with Gasteiger partial charge in [0.2, 0.25) is 5.91 Å². The molecule has 1 N–H and O–H groups in total. The molecule has 3 rings (SSSR count). The lowest BCUT2D eigenvalue weighted by molar-refractivity contribution is -0.117. The number of carbonyl (C=O) groups excluding carboxylic acids is 1. The normalized spacial score (nSPS) is 14.1. The molecule has 0 bridgehead atoms. The van der Waals surface area contributed by atoms with Crippen molar-refractivity contribution < 1.29 is 9.53 Å². The van der Waals surface area contributed by atoms with Crippen LogP contribution >= 0.6 is 11.3 Å². The Bertz CT molecular complexity index is 630.